The van der Waals surface area contributed by atoms with Crippen LogP contribution in [0.2, 0.25) is 6.32 Å². The van der Waals surface area contributed by atoms with Crippen molar-refractivity contribution in [3.63, 3.8) is 0 Å². The van der Waals surface area contributed by atoms with Crippen molar-refractivity contribution < 1.29 is 14.9 Å². The normalized spacial score (nSPS) is 17.4. The number of benzene rings is 1. The summed E-state index contributed by atoms with van der Waals surface area (Å²) in [5, 5.41) is 19.5. The van der Waals surface area contributed by atoms with Crippen LogP contribution in [0.25, 0.3) is 11.1 Å². The second-order valence-corrected chi connectivity index (χ2v) is 7.75. The molecule has 22 heavy (non-hydrogen) atoms. The molecule has 0 aliphatic carbocycles. The van der Waals surface area contributed by atoms with Crippen molar-refractivity contribution >= 4 is 41.4 Å². The van der Waals surface area contributed by atoms with Gasteiger partial charge >= 0.3 is 12.9 Å². The molecule has 114 valence electrons. The standard InChI is InChI=1S/C16H17BO3S2/c1-9-6-7-17(20)12-5-3-4-10(14(9)12)11-8-13(15(18)19)22-16(11)21-2/h3-5,8-9,20H,6-7H2,1-2H3,(H,18,19). The van der Waals surface area contributed by atoms with Gasteiger partial charge in [0, 0.05) is 5.56 Å². The summed E-state index contributed by atoms with van der Waals surface area (Å²) in [5.74, 6) is -0.512. The van der Waals surface area contributed by atoms with Crippen LogP contribution in [0.15, 0.2) is 28.5 Å². The molecule has 0 saturated heterocycles. The van der Waals surface area contributed by atoms with Gasteiger partial charge < -0.3 is 10.1 Å². The zero-order valence-corrected chi connectivity index (χ0v) is 14.1. The van der Waals surface area contributed by atoms with Gasteiger partial charge in [-0.05, 0) is 41.1 Å². The van der Waals surface area contributed by atoms with Gasteiger partial charge in [-0.15, -0.1) is 23.1 Å². The summed E-state index contributed by atoms with van der Waals surface area (Å²) in [5.41, 5.74) is 4.21. The van der Waals surface area contributed by atoms with E-state index in [0.717, 1.165) is 33.5 Å². The maximum Gasteiger partial charge on any atom is 0.345 e. The van der Waals surface area contributed by atoms with Crippen LogP contribution < -0.4 is 5.46 Å². The number of hydrogen-bond donors (Lipinski definition) is 2. The average Bonchev–Trinajstić information content (AvgIpc) is 2.95. The minimum Gasteiger partial charge on any atom is -0.477 e. The van der Waals surface area contributed by atoms with Gasteiger partial charge in [0.2, 0.25) is 0 Å². The lowest BCUT2D eigenvalue weighted by molar-refractivity contribution is 0.0702. The number of rotatable bonds is 3. The summed E-state index contributed by atoms with van der Waals surface area (Å²) in [6.07, 6.45) is 3.71. The van der Waals surface area contributed by atoms with Crippen molar-refractivity contribution in [2.45, 2.75) is 29.8 Å². The predicted octanol–water partition coefficient (Wildman–Crippen LogP) is 3.53. The van der Waals surface area contributed by atoms with Gasteiger partial charge in [0.25, 0.3) is 0 Å². The Morgan fingerprint density at radius 1 is 1.41 bits per heavy atom. The molecule has 1 aliphatic rings. The highest BCUT2D eigenvalue weighted by molar-refractivity contribution is 8.00. The quantitative estimate of drug-likeness (QED) is 0.667. The van der Waals surface area contributed by atoms with E-state index in [9.17, 15) is 14.9 Å². The molecule has 1 aromatic carbocycles. The molecule has 2 N–H and O–H groups in total. The molecule has 3 nitrogen and oxygen atoms in total. The van der Waals surface area contributed by atoms with Gasteiger partial charge in [-0.3, -0.25) is 0 Å². The number of carboxylic acid groups (broad SMARTS) is 1. The van der Waals surface area contributed by atoms with E-state index in [4.69, 9.17) is 0 Å². The lowest BCUT2D eigenvalue weighted by Crippen LogP contribution is -2.38. The molecule has 1 aromatic heterocycles. The Bertz CT molecular complexity index is 726. The highest BCUT2D eigenvalue weighted by Gasteiger charge is 2.30. The third kappa shape index (κ3) is 2.60. The molecule has 0 spiro atoms. The van der Waals surface area contributed by atoms with Gasteiger partial charge in [-0.1, -0.05) is 31.5 Å². The van der Waals surface area contributed by atoms with Crippen molar-refractivity contribution in [2.24, 2.45) is 0 Å². The zero-order valence-electron chi connectivity index (χ0n) is 12.5. The third-order valence-corrected chi connectivity index (χ3v) is 6.51. The first kappa shape index (κ1) is 15.7. The van der Waals surface area contributed by atoms with Crippen LogP contribution in [0.5, 0.6) is 0 Å². The van der Waals surface area contributed by atoms with Crippen LogP contribution in [-0.4, -0.2) is 29.3 Å². The van der Waals surface area contributed by atoms with Gasteiger partial charge in [0.15, 0.2) is 0 Å². The van der Waals surface area contributed by atoms with Crippen molar-refractivity contribution in [3.05, 3.63) is 34.7 Å². The van der Waals surface area contributed by atoms with E-state index < -0.39 is 12.9 Å². The van der Waals surface area contributed by atoms with Crippen molar-refractivity contribution in [1.82, 2.24) is 0 Å². The van der Waals surface area contributed by atoms with E-state index >= 15 is 0 Å². The number of fused-ring (bicyclic) bond motifs is 1. The second kappa shape index (κ2) is 6.10. The molecule has 2 heterocycles. The predicted molar refractivity (Wildman–Crippen MR) is 93.9 cm³/mol. The minimum absolute atomic E-state index is 0.362. The van der Waals surface area contributed by atoms with Crippen molar-refractivity contribution in [1.29, 1.82) is 0 Å². The summed E-state index contributed by atoms with van der Waals surface area (Å²) in [7, 11) is 0. The van der Waals surface area contributed by atoms with E-state index in [1.807, 2.05) is 24.5 Å². The smallest absolute Gasteiger partial charge is 0.345 e. The van der Waals surface area contributed by atoms with E-state index in [1.54, 1.807) is 17.8 Å². The maximum absolute atomic E-state index is 11.3. The third-order valence-electron chi connectivity index (χ3n) is 4.25. The van der Waals surface area contributed by atoms with Gasteiger partial charge in [0.05, 0.1) is 4.21 Å². The molecule has 0 saturated carbocycles. The highest BCUT2D eigenvalue weighted by Crippen LogP contribution is 2.42. The summed E-state index contributed by atoms with van der Waals surface area (Å²) in [6, 6.07) is 7.75. The van der Waals surface area contributed by atoms with Gasteiger partial charge in [-0.2, -0.15) is 0 Å². The molecule has 0 bridgehead atoms. The molecule has 1 atom stereocenters. The van der Waals surface area contributed by atoms with Gasteiger partial charge in [-0.25, -0.2) is 4.79 Å². The largest absolute Gasteiger partial charge is 0.477 e. The summed E-state index contributed by atoms with van der Waals surface area (Å²) in [6.45, 7) is 1.76. The van der Waals surface area contributed by atoms with Gasteiger partial charge in [0.1, 0.15) is 4.88 Å². The fraction of sp³-hybridized carbons (Fsp3) is 0.312. The molecular formula is C16H17BO3S2. The summed E-state index contributed by atoms with van der Waals surface area (Å²) in [4.78, 5) is 11.6. The van der Waals surface area contributed by atoms with Crippen molar-refractivity contribution in [2.75, 3.05) is 6.26 Å². The first-order chi connectivity index (χ1) is 10.5. The first-order valence-electron chi connectivity index (χ1n) is 7.25. The Morgan fingerprint density at radius 2 is 2.18 bits per heavy atom. The number of hydrogen-bond acceptors (Lipinski definition) is 4. The lowest BCUT2D eigenvalue weighted by Gasteiger charge is -2.27. The molecule has 0 fully saturated rings. The highest BCUT2D eigenvalue weighted by atomic mass is 32.2. The van der Waals surface area contributed by atoms with Crippen molar-refractivity contribution in [3.8, 4) is 11.1 Å². The average molecular weight is 332 g/mol. The molecule has 1 aliphatic heterocycles. The summed E-state index contributed by atoms with van der Waals surface area (Å²) >= 11 is 2.89. The Kier molecular flexibility index (Phi) is 4.34. The Labute approximate surface area is 138 Å². The first-order valence-corrected chi connectivity index (χ1v) is 9.29. The summed E-state index contributed by atoms with van der Waals surface area (Å²) < 4.78 is 1.01. The molecule has 1 unspecified atom stereocenters. The number of aromatic carboxylic acids is 1. The SMILES string of the molecule is CSc1sc(C(=O)O)cc1-c1cccc2c1C(C)CCB2O. The van der Waals surface area contributed by atoms with Crippen LogP contribution in [0.4, 0.5) is 0 Å². The van der Waals surface area contributed by atoms with Crippen LogP contribution >= 0.6 is 23.1 Å². The van der Waals surface area contributed by atoms with Crippen LogP contribution in [-0.2, 0) is 0 Å². The fourth-order valence-corrected chi connectivity index (χ4v) is 4.92. The lowest BCUT2D eigenvalue weighted by atomic mass is 9.50. The second-order valence-electron chi connectivity index (χ2n) is 5.62. The molecule has 3 rings (SSSR count). The number of thioether (sulfide) groups is 1. The maximum atomic E-state index is 11.3. The molecule has 0 radical (unpaired) electrons. The Balaban J connectivity index is 2.21. The molecule has 2 aromatic rings. The van der Waals surface area contributed by atoms with E-state index in [2.05, 4.69) is 6.92 Å². The Morgan fingerprint density at radius 3 is 2.86 bits per heavy atom. The fourth-order valence-electron chi connectivity index (χ4n) is 3.19. The molecule has 6 heteroatoms. The van der Waals surface area contributed by atoms with E-state index in [0.29, 0.717) is 10.8 Å². The molecule has 0 amide bonds. The Hall–Kier alpha value is -1.24. The topological polar surface area (TPSA) is 57.5 Å². The minimum atomic E-state index is -0.885. The molecular weight excluding hydrogens is 315 g/mol. The number of carbonyl (C=O) groups is 1. The van der Waals surface area contributed by atoms with Crippen LogP contribution in [0, 0.1) is 0 Å². The monoisotopic (exact) mass is 332 g/mol. The zero-order chi connectivity index (χ0) is 15.9. The van der Waals surface area contributed by atoms with E-state index in [-0.39, 0.29) is 0 Å². The van der Waals surface area contributed by atoms with E-state index in [1.165, 1.54) is 16.9 Å². The van der Waals surface area contributed by atoms with Crippen LogP contribution in [0.3, 0.4) is 0 Å². The number of thiophene rings is 1. The van der Waals surface area contributed by atoms with Crippen LogP contribution in [0.1, 0.15) is 34.5 Å². The number of carboxylic acids is 1.